The molecule has 1 heterocycles. The predicted molar refractivity (Wildman–Crippen MR) is 81.8 cm³/mol. The van der Waals surface area contributed by atoms with Gasteiger partial charge < -0.3 is 19.9 Å². The summed E-state index contributed by atoms with van der Waals surface area (Å²) in [6, 6.07) is 5.69. The maximum Gasteiger partial charge on any atom is 0.161 e. The largest absolute Gasteiger partial charge is 0.486 e. The highest BCUT2D eigenvalue weighted by Crippen LogP contribution is 2.48. The van der Waals surface area contributed by atoms with Crippen molar-refractivity contribution >= 4 is 0 Å². The Morgan fingerprint density at radius 3 is 2.71 bits per heavy atom. The molecule has 2 aliphatic rings. The van der Waals surface area contributed by atoms with E-state index in [2.05, 4.69) is 12.2 Å². The van der Waals surface area contributed by atoms with Crippen molar-refractivity contribution in [2.24, 2.45) is 5.41 Å². The second-order valence-electron chi connectivity index (χ2n) is 6.30. The topological polar surface area (TPSA) is 50.7 Å². The van der Waals surface area contributed by atoms with Gasteiger partial charge in [-0.2, -0.15) is 0 Å². The summed E-state index contributed by atoms with van der Waals surface area (Å²) in [5, 5.41) is 13.7. The zero-order chi connectivity index (χ0) is 14.7. The third-order valence-electron chi connectivity index (χ3n) is 4.53. The second kappa shape index (κ2) is 6.24. The molecule has 21 heavy (non-hydrogen) atoms. The summed E-state index contributed by atoms with van der Waals surface area (Å²) in [5.74, 6) is 1.51. The quantitative estimate of drug-likeness (QED) is 0.811. The average molecular weight is 291 g/mol. The molecule has 0 aromatic heterocycles. The molecule has 116 valence electrons. The van der Waals surface area contributed by atoms with Crippen molar-refractivity contribution < 1.29 is 14.6 Å². The maximum absolute atomic E-state index is 10.3. The normalized spacial score (nSPS) is 20.1. The molecule has 0 radical (unpaired) electrons. The van der Waals surface area contributed by atoms with Gasteiger partial charge in [0.2, 0.25) is 0 Å². The Morgan fingerprint density at radius 1 is 1.24 bits per heavy atom. The molecule has 2 N–H and O–H groups in total. The summed E-state index contributed by atoms with van der Waals surface area (Å²) in [5.41, 5.74) is 1.40. The lowest BCUT2D eigenvalue weighted by atomic mass is 10.0. The average Bonchev–Trinajstić information content (AvgIpc) is 3.27. The lowest BCUT2D eigenvalue weighted by Crippen LogP contribution is -2.28. The summed E-state index contributed by atoms with van der Waals surface area (Å²) < 4.78 is 11.1. The highest BCUT2D eigenvalue weighted by atomic mass is 16.6. The van der Waals surface area contributed by atoms with Crippen molar-refractivity contribution in [2.45, 2.75) is 38.7 Å². The Labute approximate surface area is 126 Å². The molecule has 3 rings (SSSR count). The minimum atomic E-state index is -0.502. The number of hydrogen-bond donors (Lipinski definition) is 2. The Morgan fingerprint density at radius 2 is 2.00 bits per heavy atom. The van der Waals surface area contributed by atoms with Crippen LogP contribution in [-0.2, 0) is 0 Å². The van der Waals surface area contributed by atoms with E-state index >= 15 is 0 Å². The molecule has 0 bridgehead atoms. The molecule has 1 aromatic carbocycles. The molecule has 4 heteroatoms. The van der Waals surface area contributed by atoms with Crippen LogP contribution in [0.3, 0.4) is 0 Å². The highest BCUT2D eigenvalue weighted by molar-refractivity contribution is 5.44. The number of aliphatic hydroxyl groups is 1. The standard InChI is InChI=1S/C17H25NO3/c1-2-5-17(6-7-17)12-18-11-14(19)13-3-4-15-16(10-13)21-9-8-20-15/h3-4,10,14,18-19H,2,5-9,11-12H2,1H3. The molecule has 1 aromatic rings. The summed E-state index contributed by atoms with van der Waals surface area (Å²) in [7, 11) is 0. The Hall–Kier alpha value is -1.26. The van der Waals surface area contributed by atoms with Crippen molar-refractivity contribution in [2.75, 3.05) is 26.3 Å². The predicted octanol–water partition coefficient (Wildman–Crippen LogP) is 2.66. The second-order valence-corrected chi connectivity index (χ2v) is 6.30. The van der Waals surface area contributed by atoms with Crippen LogP contribution in [0.2, 0.25) is 0 Å². The number of fused-ring (bicyclic) bond motifs is 1. The minimum absolute atomic E-state index is 0.502. The summed E-state index contributed by atoms with van der Waals surface area (Å²) in [6.45, 7) is 5.01. The van der Waals surface area contributed by atoms with Crippen LogP contribution in [0.15, 0.2) is 18.2 Å². The molecule has 4 nitrogen and oxygen atoms in total. The van der Waals surface area contributed by atoms with Crippen molar-refractivity contribution in [3.8, 4) is 11.5 Å². The van der Waals surface area contributed by atoms with Crippen molar-refractivity contribution in [3.05, 3.63) is 23.8 Å². The third-order valence-corrected chi connectivity index (χ3v) is 4.53. The van der Waals surface area contributed by atoms with Crippen LogP contribution < -0.4 is 14.8 Å². The maximum atomic E-state index is 10.3. The molecule has 1 fully saturated rings. The molecule has 0 saturated heterocycles. The number of benzene rings is 1. The SMILES string of the molecule is CCCC1(CNCC(O)c2ccc3c(c2)OCCO3)CC1. The number of aliphatic hydroxyl groups excluding tert-OH is 1. The van der Waals surface area contributed by atoms with E-state index in [1.807, 2.05) is 18.2 Å². The lowest BCUT2D eigenvalue weighted by Gasteiger charge is -2.21. The van der Waals surface area contributed by atoms with Gasteiger partial charge in [-0.05, 0) is 42.4 Å². The van der Waals surface area contributed by atoms with Crippen LogP contribution in [0.4, 0.5) is 0 Å². The van der Waals surface area contributed by atoms with E-state index in [0.717, 1.165) is 23.6 Å². The lowest BCUT2D eigenvalue weighted by molar-refractivity contribution is 0.162. The fourth-order valence-corrected chi connectivity index (χ4v) is 3.08. The molecule has 1 atom stereocenters. The first-order valence-corrected chi connectivity index (χ1v) is 8.01. The molecular weight excluding hydrogens is 266 g/mol. The van der Waals surface area contributed by atoms with Gasteiger partial charge in [0.05, 0.1) is 6.10 Å². The van der Waals surface area contributed by atoms with Crippen LogP contribution in [0.1, 0.15) is 44.3 Å². The molecule has 1 unspecified atom stereocenters. The van der Waals surface area contributed by atoms with E-state index in [0.29, 0.717) is 25.2 Å². The van der Waals surface area contributed by atoms with Gasteiger partial charge in [0.25, 0.3) is 0 Å². The first-order valence-electron chi connectivity index (χ1n) is 8.01. The van der Waals surface area contributed by atoms with Gasteiger partial charge in [0.15, 0.2) is 11.5 Å². The summed E-state index contributed by atoms with van der Waals surface area (Å²) in [4.78, 5) is 0. The summed E-state index contributed by atoms with van der Waals surface area (Å²) >= 11 is 0. The fourth-order valence-electron chi connectivity index (χ4n) is 3.08. The van der Waals surface area contributed by atoms with Crippen molar-refractivity contribution in [3.63, 3.8) is 0 Å². The van der Waals surface area contributed by atoms with Gasteiger partial charge in [-0.3, -0.25) is 0 Å². The molecule has 0 spiro atoms. The number of nitrogens with one attached hydrogen (secondary N) is 1. The van der Waals surface area contributed by atoms with Crippen LogP contribution in [0, 0.1) is 5.41 Å². The minimum Gasteiger partial charge on any atom is -0.486 e. The Balaban J connectivity index is 1.52. The van der Waals surface area contributed by atoms with Gasteiger partial charge in [0.1, 0.15) is 13.2 Å². The molecule has 0 amide bonds. The number of rotatable bonds is 7. The Kier molecular flexibility index (Phi) is 4.36. The Bertz CT molecular complexity index is 485. The van der Waals surface area contributed by atoms with Gasteiger partial charge >= 0.3 is 0 Å². The van der Waals surface area contributed by atoms with Crippen LogP contribution >= 0.6 is 0 Å². The first-order chi connectivity index (χ1) is 10.2. The van der Waals surface area contributed by atoms with E-state index in [4.69, 9.17) is 9.47 Å². The van der Waals surface area contributed by atoms with Gasteiger partial charge in [-0.15, -0.1) is 0 Å². The molecule has 1 aliphatic carbocycles. The van der Waals surface area contributed by atoms with Crippen LogP contribution in [0.5, 0.6) is 11.5 Å². The van der Waals surface area contributed by atoms with Crippen molar-refractivity contribution in [1.82, 2.24) is 5.32 Å². The van der Waals surface area contributed by atoms with E-state index in [1.165, 1.54) is 25.7 Å². The van der Waals surface area contributed by atoms with Gasteiger partial charge in [0, 0.05) is 13.1 Å². The first kappa shape index (κ1) is 14.7. The third kappa shape index (κ3) is 3.50. The van der Waals surface area contributed by atoms with E-state index in [1.54, 1.807) is 0 Å². The highest BCUT2D eigenvalue weighted by Gasteiger charge is 2.40. The van der Waals surface area contributed by atoms with Crippen LogP contribution in [-0.4, -0.2) is 31.4 Å². The van der Waals surface area contributed by atoms with Crippen molar-refractivity contribution in [1.29, 1.82) is 0 Å². The molecule has 1 saturated carbocycles. The van der Waals surface area contributed by atoms with Crippen LogP contribution in [0.25, 0.3) is 0 Å². The fraction of sp³-hybridized carbons (Fsp3) is 0.647. The molecular formula is C17H25NO3. The number of hydrogen-bond acceptors (Lipinski definition) is 4. The van der Waals surface area contributed by atoms with E-state index in [-0.39, 0.29) is 0 Å². The van der Waals surface area contributed by atoms with E-state index in [9.17, 15) is 5.11 Å². The zero-order valence-electron chi connectivity index (χ0n) is 12.7. The number of ether oxygens (including phenoxy) is 2. The molecule has 1 aliphatic heterocycles. The van der Waals surface area contributed by atoms with Gasteiger partial charge in [-0.25, -0.2) is 0 Å². The summed E-state index contributed by atoms with van der Waals surface area (Å²) in [6.07, 6.45) is 4.69. The monoisotopic (exact) mass is 291 g/mol. The van der Waals surface area contributed by atoms with E-state index < -0.39 is 6.10 Å². The smallest absolute Gasteiger partial charge is 0.161 e. The zero-order valence-corrected chi connectivity index (χ0v) is 12.7. The van der Waals surface area contributed by atoms with Gasteiger partial charge in [-0.1, -0.05) is 19.4 Å².